The Labute approximate surface area is 80.6 Å². The van der Waals surface area contributed by atoms with E-state index in [1.54, 1.807) is 0 Å². The molecular formula is C11H18O2. The molecule has 0 saturated carbocycles. The second-order valence-corrected chi connectivity index (χ2v) is 3.64. The molecule has 0 spiro atoms. The monoisotopic (exact) mass is 182 g/mol. The molecule has 1 fully saturated rings. The number of terminal acetylenes is 1. The van der Waals surface area contributed by atoms with Gasteiger partial charge in [-0.3, -0.25) is 0 Å². The standard InChI is InChI=1S/C11H18O2/c1-3-6-10(2)9-13-11-7-4-5-8-12-11/h1,10-11H,4-9H2,2H3/t10-,11?/m0/s1. The van der Waals surface area contributed by atoms with Crippen molar-refractivity contribution >= 4 is 0 Å². The third-order valence-corrected chi connectivity index (χ3v) is 2.17. The Morgan fingerprint density at radius 2 is 2.46 bits per heavy atom. The van der Waals surface area contributed by atoms with Crippen LogP contribution in [0.1, 0.15) is 32.6 Å². The highest BCUT2D eigenvalue weighted by Crippen LogP contribution is 2.15. The van der Waals surface area contributed by atoms with Gasteiger partial charge in [0.2, 0.25) is 0 Å². The normalized spacial score (nSPS) is 25.1. The van der Waals surface area contributed by atoms with Crippen LogP contribution < -0.4 is 0 Å². The number of rotatable bonds is 4. The van der Waals surface area contributed by atoms with E-state index in [2.05, 4.69) is 12.8 Å². The van der Waals surface area contributed by atoms with Gasteiger partial charge < -0.3 is 9.47 Å². The Hall–Kier alpha value is -0.520. The minimum atomic E-state index is 0.0222. The predicted molar refractivity (Wildman–Crippen MR) is 52.2 cm³/mol. The molecule has 13 heavy (non-hydrogen) atoms. The van der Waals surface area contributed by atoms with Crippen molar-refractivity contribution in [1.82, 2.24) is 0 Å². The van der Waals surface area contributed by atoms with Gasteiger partial charge >= 0.3 is 0 Å². The van der Waals surface area contributed by atoms with Crippen molar-refractivity contribution in [2.24, 2.45) is 5.92 Å². The van der Waals surface area contributed by atoms with Gasteiger partial charge in [-0.25, -0.2) is 0 Å². The lowest BCUT2D eigenvalue weighted by Gasteiger charge is -2.23. The van der Waals surface area contributed by atoms with Crippen LogP contribution in [0.3, 0.4) is 0 Å². The van der Waals surface area contributed by atoms with Crippen molar-refractivity contribution in [1.29, 1.82) is 0 Å². The molecule has 2 heteroatoms. The molecule has 2 nitrogen and oxygen atoms in total. The first-order valence-electron chi connectivity index (χ1n) is 4.99. The first kappa shape index (κ1) is 10.6. The summed E-state index contributed by atoms with van der Waals surface area (Å²) in [4.78, 5) is 0. The van der Waals surface area contributed by atoms with Crippen LogP contribution >= 0.6 is 0 Å². The van der Waals surface area contributed by atoms with Crippen LogP contribution in [-0.2, 0) is 9.47 Å². The lowest BCUT2D eigenvalue weighted by Crippen LogP contribution is -2.24. The summed E-state index contributed by atoms with van der Waals surface area (Å²) >= 11 is 0. The van der Waals surface area contributed by atoms with Crippen LogP contribution in [0.25, 0.3) is 0 Å². The topological polar surface area (TPSA) is 18.5 Å². The zero-order chi connectivity index (χ0) is 9.52. The largest absolute Gasteiger partial charge is 0.353 e. The molecule has 2 atom stereocenters. The SMILES string of the molecule is C#CC[C@H](C)COC1CCCCO1. The third-order valence-electron chi connectivity index (χ3n) is 2.17. The Balaban J connectivity index is 2.07. The highest BCUT2D eigenvalue weighted by atomic mass is 16.7. The molecule has 1 rings (SSSR count). The number of hydrogen-bond acceptors (Lipinski definition) is 2. The van der Waals surface area contributed by atoms with E-state index < -0.39 is 0 Å². The highest BCUT2D eigenvalue weighted by Gasteiger charge is 2.14. The molecule has 0 aromatic carbocycles. The second-order valence-electron chi connectivity index (χ2n) is 3.64. The molecular weight excluding hydrogens is 164 g/mol. The Bertz CT molecular complexity index is 165. The Morgan fingerprint density at radius 1 is 1.62 bits per heavy atom. The first-order chi connectivity index (χ1) is 6.33. The number of hydrogen-bond donors (Lipinski definition) is 0. The zero-order valence-electron chi connectivity index (χ0n) is 8.29. The van der Waals surface area contributed by atoms with Crippen LogP contribution in [0.15, 0.2) is 0 Å². The minimum Gasteiger partial charge on any atom is -0.353 e. The molecule has 0 aromatic rings. The zero-order valence-corrected chi connectivity index (χ0v) is 8.29. The van der Waals surface area contributed by atoms with Gasteiger partial charge in [-0.05, 0) is 25.2 Å². The summed E-state index contributed by atoms with van der Waals surface area (Å²) in [5, 5.41) is 0. The maximum absolute atomic E-state index is 5.58. The lowest BCUT2D eigenvalue weighted by molar-refractivity contribution is -0.167. The smallest absolute Gasteiger partial charge is 0.157 e. The van der Waals surface area contributed by atoms with Gasteiger partial charge in [-0.2, -0.15) is 0 Å². The Morgan fingerprint density at radius 3 is 3.08 bits per heavy atom. The van der Waals surface area contributed by atoms with E-state index in [1.165, 1.54) is 12.8 Å². The summed E-state index contributed by atoms with van der Waals surface area (Å²) in [6.45, 7) is 3.66. The summed E-state index contributed by atoms with van der Waals surface area (Å²) < 4.78 is 11.0. The minimum absolute atomic E-state index is 0.0222. The van der Waals surface area contributed by atoms with Crippen molar-refractivity contribution in [3.63, 3.8) is 0 Å². The van der Waals surface area contributed by atoms with Crippen LogP contribution in [-0.4, -0.2) is 19.5 Å². The van der Waals surface area contributed by atoms with Crippen molar-refractivity contribution in [3.05, 3.63) is 0 Å². The third kappa shape index (κ3) is 4.31. The average molecular weight is 182 g/mol. The molecule has 0 amide bonds. The van der Waals surface area contributed by atoms with Crippen LogP contribution in [0.2, 0.25) is 0 Å². The van der Waals surface area contributed by atoms with Crippen LogP contribution in [0.5, 0.6) is 0 Å². The highest BCUT2D eigenvalue weighted by molar-refractivity contribution is 4.85. The molecule has 1 aliphatic rings. The fourth-order valence-electron chi connectivity index (χ4n) is 1.37. The molecule has 1 saturated heterocycles. The molecule has 0 bridgehead atoms. The lowest BCUT2D eigenvalue weighted by atomic mass is 10.1. The molecule has 0 aromatic heterocycles. The summed E-state index contributed by atoms with van der Waals surface area (Å²) in [6.07, 6.45) is 9.42. The van der Waals surface area contributed by atoms with E-state index in [-0.39, 0.29) is 6.29 Å². The van der Waals surface area contributed by atoms with Crippen molar-refractivity contribution in [2.45, 2.75) is 38.9 Å². The van der Waals surface area contributed by atoms with E-state index >= 15 is 0 Å². The summed E-state index contributed by atoms with van der Waals surface area (Å²) in [5.41, 5.74) is 0. The van der Waals surface area contributed by atoms with Crippen molar-refractivity contribution in [3.8, 4) is 12.3 Å². The average Bonchev–Trinajstić information content (AvgIpc) is 2.17. The molecule has 1 aliphatic heterocycles. The first-order valence-corrected chi connectivity index (χ1v) is 4.99. The fourth-order valence-corrected chi connectivity index (χ4v) is 1.37. The quantitative estimate of drug-likeness (QED) is 0.620. The molecule has 74 valence electrons. The van der Waals surface area contributed by atoms with E-state index in [9.17, 15) is 0 Å². The Kier molecular flexibility index (Phi) is 4.88. The summed E-state index contributed by atoms with van der Waals surface area (Å²) in [7, 11) is 0. The summed E-state index contributed by atoms with van der Waals surface area (Å²) in [5.74, 6) is 3.07. The molecule has 1 heterocycles. The fraction of sp³-hybridized carbons (Fsp3) is 0.818. The van der Waals surface area contributed by atoms with Gasteiger partial charge in [0.15, 0.2) is 6.29 Å². The van der Waals surface area contributed by atoms with Crippen molar-refractivity contribution in [2.75, 3.05) is 13.2 Å². The van der Waals surface area contributed by atoms with Crippen LogP contribution in [0.4, 0.5) is 0 Å². The molecule has 0 aliphatic carbocycles. The van der Waals surface area contributed by atoms with E-state index in [0.29, 0.717) is 5.92 Å². The molecule has 1 unspecified atom stereocenters. The second kappa shape index (κ2) is 6.01. The van der Waals surface area contributed by atoms with Gasteiger partial charge in [0, 0.05) is 13.0 Å². The van der Waals surface area contributed by atoms with Crippen LogP contribution in [0, 0.1) is 18.3 Å². The maximum Gasteiger partial charge on any atom is 0.157 e. The van der Waals surface area contributed by atoms with Crippen molar-refractivity contribution < 1.29 is 9.47 Å². The van der Waals surface area contributed by atoms with Gasteiger partial charge in [0.1, 0.15) is 0 Å². The molecule has 0 radical (unpaired) electrons. The van der Waals surface area contributed by atoms with E-state index in [4.69, 9.17) is 15.9 Å². The van der Waals surface area contributed by atoms with Gasteiger partial charge in [0.05, 0.1) is 6.61 Å². The predicted octanol–water partition coefficient (Wildman–Crippen LogP) is 2.19. The van der Waals surface area contributed by atoms with Gasteiger partial charge in [0.25, 0.3) is 0 Å². The van der Waals surface area contributed by atoms with Gasteiger partial charge in [-0.1, -0.05) is 6.92 Å². The molecule has 0 N–H and O–H groups in total. The summed E-state index contributed by atoms with van der Waals surface area (Å²) in [6, 6.07) is 0. The maximum atomic E-state index is 5.58. The van der Waals surface area contributed by atoms with E-state index in [1.807, 2.05) is 0 Å². The van der Waals surface area contributed by atoms with E-state index in [0.717, 1.165) is 26.1 Å². The van der Waals surface area contributed by atoms with Gasteiger partial charge in [-0.15, -0.1) is 12.3 Å². The number of ether oxygens (including phenoxy) is 2.